The van der Waals surface area contributed by atoms with Gasteiger partial charge in [0.2, 0.25) is 5.95 Å². The Morgan fingerprint density at radius 2 is 1.62 bits per heavy atom. The first-order valence-electron chi connectivity index (χ1n) is 12.8. The average Bonchev–Trinajstić information content (AvgIpc) is 2.83. The third-order valence-electron chi connectivity index (χ3n) is 7.13. The highest BCUT2D eigenvalue weighted by atomic mass is 32.2. The lowest BCUT2D eigenvalue weighted by Gasteiger charge is -2.34. The third kappa shape index (κ3) is 6.67. The number of nitrogens with zero attached hydrogens (tertiary/aromatic N) is 4. The summed E-state index contributed by atoms with van der Waals surface area (Å²) in [5, 5.41) is 3.33. The van der Waals surface area contributed by atoms with Crippen LogP contribution in [0.2, 0.25) is 0 Å². The van der Waals surface area contributed by atoms with Gasteiger partial charge in [-0.2, -0.15) is 0 Å². The highest BCUT2D eigenvalue weighted by molar-refractivity contribution is 7.91. The van der Waals surface area contributed by atoms with Crippen LogP contribution in [0.1, 0.15) is 48.7 Å². The molecule has 4 rings (SSSR count). The van der Waals surface area contributed by atoms with Gasteiger partial charge in [-0.1, -0.05) is 18.2 Å². The van der Waals surface area contributed by atoms with Crippen molar-refractivity contribution in [2.24, 2.45) is 0 Å². The zero-order valence-electron chi connectivity index (χ0n) is 22.9. The molecule has 3 aromatic rings. The highest BCUT2D eigenvalue weighted by Crippen LogP contribution is 2.25. The SMILES string of the molecule is Cc1ccc(Cc2nc(Nc3ccc(N4CCN(C)CC4)cc3)ncc2C)cc1CS(=O)(=O)C(C)(C)C. The van der Waals surface area contributed by atoms with Crippen molar-refractivity contribution in [1.82, 2.24) is 14.9 Å². The molecular formula is C29H39N5O2S. The molecule has 198 valence electrons. The largest absolute Gasteiger partial charge is 0.369 e. The number of nitrogens with one attached hydrogen (secondary N) is 1. The number of hydrogen-bond donors (Lipinski definition) is 1. The maximum atomic E-state index is 12.8. The van der Waals surface area contributed by atoms with Crippen molar-refractivity contribution in [3.8, 4) is 0 Å². The monoisotopic (exact) mass is 521 g/mol. The number of rotatable bonds is 7. The minimum Gasteiger partial charge on any atom is -0.369 e. The van der Waals surface area contributed by atoms with Gasteiger partial charge in [0.15, 0.2) is 9.84 Å². The van der Waals surface area contributed by atoms with E-state index in [1.54, 1.807) is 20.8 Å². The van der Waals surface area contributed by atoms with Gasteiger partial charge in [0.25, 0.3) is 0 Å². The summed E-state index contributed by atoms with van der Waals surface area (Å²) in [6.07, 6.45) is 2.44. The molecule has 0 aliphatic carbocycles. The predicted octanol–water partition coefficient (Wildman–Crippen LogP) is 4.89. The first kappa shape index (κ1) is 27.1. The minimum atomic E-state index is -3.27. The van der Waals surface area contributed by atoms with Gasteiger partial charge < -0.3 is 15.1 Å². The molecule has 0 amide bonds. The van der Waals surface area contributed by atoms with Gasteiger partial charge in [-0.3, -0.25) is 0 Å². The van der Waals surface area contributed by atoms with E-state index in [9.17, 15) is 8.42 Å². The van der Waals surface area contributed by atoms with Crippen LogP contribution in [0.4, 0.5) is 17.3 Å². The molecular weight excluding hydrogens is 482 g/mol. The van der Waals surface area contributed by atoms with Gasteiger partial charge in [0.1, 0.15) is 0 Å². The topological polar surface area (TPSA) is 78.4 Å². The number of aromatic nitrogens is 2. The lowest BCUT2D eigenvalue weighted by atomic mass is 10.0. The van der Waals surface area contributed by atoms with Gasteiger partial charge in [-0.05, 0) is 88.2 Å². The van der Waals surface area contributed by atoms with E-state index in [-0.39, 0.29) is 5.75 Å². The summed E-state index contributed by atoms with van der Waals surface area (Å²) < 4.78 is 24.8. The van der Waals surface area contributed by atoms with E-state index in [4.69, 9.17) is 4.98 Å². The fourth-order valence-electron chi connectivity index (χ4n) is 4.27. The van der Waals surface area contributed by atoms with E-state index >= 15 is 0 Å². The summed E-state index contributed by atoms with van der Waals surface area (Å²) in [6, 6.07) is 14.5. The Balaban J connectivity index is 1.48. The van der Waals surface area contributed by atoms with Gasteiger partial charge in [-0.25, -0.2) is 18.4 Å². The van der Waals surface area contributed by atoms with Crippen LogP contribution in [0.15, 0.2) is 48.7 Å². The summed E-state index contributed by atoms with van der Waals surface area (Å²) in [4.78, 5) is 14.0. The third-order valence-corrected chi connectivity index (χ3v) is 9.69. The summed E-state index contributed by atoms with van der Waals surface area (Å²) in [5.74, 6) is 0.589. The standard InChI is InChI=1S/C29H39N5O2S/c1-21-7-8-23(17-24(21)20-37(35,36)29(3,4)5)18-27-22(2)19-30-28(32-27)31-25-9-11-26(12-10-25)34-15-13-33(6)14-16-34/h7-12,17,19H,13-16,18,20H2,1-6H3,(H,30,31,32). The molecule has 0 saturated carbocycles. The van der Waals surface area contributed by atoms with Crippen LogP contribution in [0.5, 0.6) is 0 Å². The van der Waals surface area contributed by atoms with Crippen molar-refractivity contribution < 1.29 is 8.42 Å². The summed E-state index contributed by atoms with van der Waals surface area (Å²) in [5.41, 5.74) is 6.95. The zero-order valence-corrected chi connectivity index (χ0v) is 23.7. The van der Waals surface area contributed by atoms with Crippen LogP contribution in [0, 0.1) is 13.8 Å². The number of benzene rings is 2. The lowest BCUT2D eigenvalue weighted by Crippen LogP contribution is -2.44. The first-order chi connectivity index (χ1) is 17.4. The molecule has 2 heterocycles. The number of hydrogen-bond acceptors (Lipinski definition) is 7. The second-order valence-corrected chi connectivity index (χ2v) is 13.8. The van der Waals surface area contributed by atoms with Crippen LogP contribution in [0.25, 0.3) is 0 Å². The van der Waals surface area contributed by atoms with Gasteiger partial charge in [0, 0.05) is 50.2 Å². The molecule has 1 aliphatic rings. The number of sulfone groups is 1. The van der Waals surface area contributed by atoms with Crippen LogP contribution in [-0.2, 0) is 22.0 Å². The molecule has 1 N–H and O–H groups in total. The Labute approximate surface area is 221 Å². The molecule has 7 nitrogen and oxygen atoms in total. The van der Waals surface area contributed by atoms with Gasteiger partial charge in [-0.15, -0.1) is 0 Å². The molecule has 0 spiro atoms. The zero-order chi connectivity index (χ0) is 26.8. The molecule has 1 fully saturated rings. The fourth-order valence-corrected chi connectivity index (χ4v) is 5.42. The highest BCUT2D eigenvalue weighted by Gasteiger charge is 2.29. The van der Waals surface area contributed by atoms with Crippen molar-refractivity contribution >= 4 is 27.2 Å². The molecule has 0 unspecified atom stereocenters. The number of anilines is 3. The van der Waals surface area contributed by atoms with Crippen molar-refractivity contribution in [1.29, 1.82) is 0 Å². The normalized spacial score (nSPS) is 15.1. The Morgan fingerprint density at radius 3 is 2.27 bits per heavy atom. The molecule has 1 aliphatic heterocycles. The van der Waals surface area contributed by atoms with Crippen LogP contribution < -0.4 is 10.2 Å². The number of aryl methyl sites for hydroxylation is 2. The van der Waals surface area contributed by atoms with Crippen molar-refractivity contribution in [2.75, 3.05) is 43.4 Å². The van der Waals surface area contributed by atoms with Crippen molar-refractivity contribution in [2.45, 2.75) is 51.5 Å². The number of piperazine rings is 1. The quantitative estimate of drug-likeness (QED) is 0.474. The van der Waals surface area contributed by atoms with E-state index < -0.39 is 14.6 Å². The van der Waals surface area contributed by atoms with Crippen molar-refractivity contribution in [3.63, 3.8) is 0 Å². The molecule has 8 heteroatoms. The Bertz CT molecular complexity index is 1340. The van der Waals surface area contributed by atoms with Crippen LogP contribution >= 0.6 is 0 Å². The van der Waals surface area contributed by atoms with E-state index in [0.29, 0.717) is 12.4 Å². The van der Waals surface area contributed by atoms with E-state index in [1.807, 2.05) is 38.2 Å². The van der Waals surface area contributed by atoms with Crippen LogP contribution in [-0.4, -0.2) is 61.3 Å². The Kier molecular flexibility index (Phi) is 7.90. The van der Waals surface area contributed by atoms with Gasteiger partial charge >= 0.3 is 0 Å². The molecule has 0 atom stereocenters. The van der Waals surface area contributed by atoms with Crippen molar-refractivity contribution in [3.05, 3.63) is 76.6 Å². The first-order valence-corrected chi connectivity index (χ1v) is 14.5. The fraction of sp³-hybridized carbons (Fsp3) is 0.448. The molecule has 1 saturated heterocycles. The second-order valence-electron chi connectivity index (χ2n) is 11.1. The predicted molar refractivity (Wildman–Crippen MR) is 153 cm³/mol. The lowest BCUT2D eigenvalue weighted by molar-refractivity contribution is 0.313. The van der Waals surface area contributed by atoms with E-state index in [2.05, 4.69) is 51.4 Å². The molecule has 0 bridgehead atoms. The maximum Gasteiger partial charge on any atom is 0.227 e. The molecule has 0 radical (unpaired) electrons. The Morgan fingerprint density at radius 1 is 0.946 bits per heavy atom. The van der Waals surface area contributed by atoms with E-state index in [0.717, 1.165) is 59.8 Å². The summed E-state index contributed by atoms with van der Waals surface area (Å²) >= 11 is 0. The maximum absolute atomic E-state index is 12.8. The summed E-state index contributed by atoms with van der Waals surface area (Å²) in [7, 11) is -1.10. The minimum absolute atomic E-state index is 0.0376. The average molecular weight is 522 g/mol. The smallest absolute Gasteiger partial charge is 0.227 e. The molecule has 1 aromatic heterocycles. The molecule has 2 aromatic carbocycles. The number of likely N-dealkylation sites (N-methyl/N-ethyl adjacent to an activating group) is 1. The Hall–Kier alpha value is -2.97. The second kappa shape index (κ2) is 10.8. The molecule has 37 heavy (non-hydrogen) atoms. The summed E-state index contributed by atoms with van der Waals surface area (Å²) in [6.45, 7) is 13.4. The van der Waals surface area contributed by atoms with Crippen LogP contribution in [0.3, 0.4) is 0 Å². The van der Waals surface area contributed by atoms with E-state index in [1.165, 1.54) is 5.69 Å². The van der Waals surface area contributed by atoms with Gasteiger partial charge in [0.05, 0.1) is 16.2 Å².